The predicted molar refractivity (Wildman–Crippen MR) is 128 cm³/mol. The SMILES string of the molecule is CC1(C)c2cc(-c3ccc([N+](=O)[O-])cc3)ccc2-c2ccc(-c3ccc([N+](=O)[O-])cc3)cc21. The van der Waals surface area contributed by atoms with Crippen LogP contribution in [-0.4, -0.2) is 9.85 Å². The second kappa shape index (κ2) is 7.38. The molecular weight excluding hydrogens is 416 g/mol. The van der Waals surface area contributed by atoms with E-state index in [0.717, 1.165) is 22.3 Å². The Labute approximate surface area is 190 Å². The molecule has 0 atom stereocenters. The third-order valence-electron chi connectivity index (χ3n) is 6.50. The van der Waals surface area contributed by atoms with Crippen LogP contribution in [0.2, 0.25) is 0 Å². The molecule has 0 N–H and O–H groups in total. The maximum absolute atomic E-state index is 11.0. The lowest BCUT2D eigenvalue weighted by Crippen LogP contribution is -2.15. The van der Waals surface area contributed by atoms with Gasteiger partial charge in [0.15, 0.2) is 0 Å². The fourth-order valence-corrected chi connectivity index (χ4v) is 4.65. The maximum Gasteiger partial charge on any atom is 0.269 e. The summed E-state index contributed by atoms with van der Waals surface area (Å²) in [6.07, 6.45) is 0. The largest absolute Gasteiger partial charge is 0.269 e. The van der Waals surface area contributed by atoms with Crippen LogP contribution in [0.5, 0.6) is 0 Å². The average molecular weight is 436 g/mol. The molecular formula is C27H20N2O4. The van der Waals surface area contributed by atoms with Gasteiger partial charge in [-0.25, -0.2) is 0 Å². The van der Waals surface area contributed by atoms with Gasteiger partial charge in [-0.05, 0) is 80.9 Å². The standard InChI is InChI=1S/C27H20N2O4/c1-27(2)25-15-19(17-3-9-21(10-4-17)28(30)31)7-13-23(25)24-14-8-20(16-26(24)27)18-5-11-22(12-6-18)29(32)33/h3-16H,1-2H3. The molecule has 0 aliphatic heterocycles. The van der Waals surface area contributed by atoms with Gasteiger partial charge in [0.2, 0.25) is 0 Å². The minimum atomic E-state index is -0.394. The summed E-state index contributed by atoms with van der Waals surface area (Å²) in [6.45, 7) is 4.38. The number of benzene rings is 4. The highest BCUT2D eigenvalue weighted by molar-refractivity contribution is 5.85. The Morgan fingerprint density at radius 1 is 0.545 bits per heavy atom. The first-order chi connectivity index (χ1) is 15.8. The molecule has 0 radical (unpaired) electrons. The summed E-state index contributed by atoms with van der Waals surface area (Å²) in [4.78, 5) is 21.1. The highest BCUT2D eigenvalue weighted by Crippen LogP contribution is 2.50. The molecule has 0 unspecified atom stereocenters. The molecule has 1 aliphatic carbocycles. The zero-order chi connectivity index (χ0) is 23.3. The highest BCUT2D eigenvalue weighted by atomic mass is 16.6. The van der Waals surface area contributed by atoms with Crippen LogP contribution in [0.3, 0.4) is 0 Å². The van der Waals surface area contributed by atoms with E-state index in [1.54, 1.807) is 24.3 Å². The van der Waals surface area contributed by atoms with Gasteiger partial charge in [0.25, 0.3) is 11.4 Å². The number of hydrogen-bond acceptors (Lipinski definition) is 4. The van der Waals surface area contributed by atoms with Crippen molar-refractivity contribution < 1.29 is 9.85 Å². The normalized spacial score (nSPS) is 13.3. The number of rotatable bonds is 4. The summed E-state index contributed by atoms with van der Waals surface area (Å²) in [5, 5.41) is 21.9. The molecule has 5 rings (SSSR count). The van der Waals surface area contributed by atoms with Crippen LogP contribution >= 0.6 is 0 Å². The molecule has 0 bridgehead atoms. The van der Waals surface area contributed by atoms with E-state index in [4.69, 9.17) is 0 Å². The quantitative estimate of drug-likeness (QED) is 0.251. The Bertz CT molecular complexity index is 1310. The van der Waals surface area contributed by atoms with E-state index in [9.17, 15) is 20.2 Å². The van der Waals surface area contributed by atoms with Crippen LogP contribution in [0, 0.1) is 20.2 Å². The van der Waals surface area contributed by atoms with Crippen LogP contribution in [0.25, 0.3) is 33.4 Å². The van der Waals surface area contributed by atoms with Crippen molar-refractivity contribution >= 4 is 11.4 Å². The third kappa shape index (κ3) is 3.36. The molecule has 0 saturated heterocycles. The molecule has 0 fully saturated rings. The Morgan fingerprint density at radius 2 is 0.879 bits per heavy atom. The molecule has 162 valence electrons. The van der Waals surface area contributed by atoms with E-state index in [1.165, 1.54) is 46.5 Å². The molecule has 4 aromatic rings. The molecule has 4 aromatic carbocycles. The van der Waals surface area contributed by atoms with Gasteiger partial charge in [-0.3, -0.25) is 20.2 Å². The number of hydrogen-bond donors (Lipinski definition) is 0. The lowest BCUT2D eigenvalue weighted by Gasteiger charge is -2.22. The van der Waals surface area contributed by atoms with Crippen LogP contribution in [0.4, 0.5) is 11.4 Å². The van der Waals surface area contributed by atoms with Gasteiger partial charge in [0.05, 0.1) is 9.85 Å². The van der Waals surface area contributed by atoms with Crippen molar-refractivity contribution in [2.75, 3.05) is 0 Å². The molecule has 6 nitrogen and oxygen atoms in total. The van der Waals surface area contributed by atoms with E-state index in [-0.39, 0.29) is 16.8 Å². The van der Waals surface area contributed by atoms with Crippen molar-refractivity contribution in [1.29, 1.82) is 0 Å². The number of fused-ring (bicyclic) bond motifs is 3. The smallest absolute Gasteiger partial charge is 0.258 e. The Hall–Kier alpha value is -4.32. The summed E-state index contributed by atoms with van der Waals surface area (Å²) in [7, 11) is 0. The zero-order valence-corrected chi connectivity index (χ0v) is 18.1. The monoisotopic (exact) mass is 436 g/mol. The van der Waals surface area contributed by atoms with Crippen LogP contribution in [0.1, 0.15) is 25.0 Å². The van der Waals surface area contributed by atoms with Gasteiger partial charge in [-0.2, -0.15) is 0 Å². The zero-order valence-electron chi connectivity index (χ0n) is 18.1. The van der Waals surface area contributed by atoms with E-state index in [1.807, 2.05) is 0 Å². The first kappa shape index (κ1) is 20.6. The number of nitrogens with zero attached hydrogens (tertiary/aromatic N) is 2. The third-order valence-corrected chi connectivity index (χ3v) is 6.50. The molecule has 33 heavy (non-hydrogen) atoms. The van der Waals surface area contributed by atoms with Crippen molar-refractivity contribution in [3.8, 4) is 33.4 Å². The van der Waals surface area contributed by atoms with E-state index in [0.29, 0.717) is 0 Å². The fraction of sp³-hybridized carbons (Fsp3) is 0.111. The lowest BCUT2D eigenvalue weighted by atomic mass is 9.81. The van der Waals surface area contributed by atoms with Gasteiger partial charge in [0.1, 0.15) is 0 Å². The van der Waals surface area contributed by atoms with Gasteiger partial charge in [-0.1, -0.05) is 38.1 Å². The predicted octanol–water partition coefficient (Wildman–Crippen LogP) is 7.14. The number of non-ortho nitro benzene ring substituents is 2. The van der Waals surface area contributed by atoms with E-state index < -0.39 is 9.85 Å². The fourth-order valence-electron chi connectivity index (χ4n) is 4.65. The summed E-state index contributed by atoms with van der Waals surface area (Å²) in [5.74, 6) is 0. The van der Waals surface area contributed by atoms with Crippen LogP contribution < -0.4 is 0 Å². The van der Waals surface area contributed by atoms with E-state index >= 15 is 0 Å². The second-order valence-electron chi connectivity index (χ2n) is 8.75. The summed E-state index contributed by atoms with van der Waals surface area (Å²) < 4.78 is 0. The maximum atomic E-state index is 11.0. The first-order valence-corrected chi connectivity index (χ1v) is 10.5. The van der Waals surface area contributed by atoms with Crippen molar-refractivity contribution in [3.05, 3.63) is 116 Å². The molecule has 0 saturated carbocycles. The van der Waals surface area contributed by atoms with Crippen molar-refractivity contribution in [2.24, 2.45) is 0 Å². The molecule has 0 aromatic heterocycles. The van der Waals surface area contributed by atoms with Gasteiger partial charge in [0, 0.05) is 29.7 Å². The summed E-state index contributed by atoms with van der Waals surface area (Å²) in [5.41, 5.74) is 8.56. The molecule has 0 spiro atoms. The minimum Gasteiger partial charge on any atom is -0.258 e. The Kier molecular flexibility index (Phi) is 4.60. The molecule has 6 heteroatoms. The van der Waals surface area contributed by atoms with Crippen molar-refractivity contribution in [2.45, 2.75) is 19.3 Å². The summed E-state index contributed by atoms with van der Waals surface area (Å²) >= 11 is 0. The van der Waals surface area contributed by atoms with Gasteiger partial charge < -0.3 is 0 Å². The molecule has 0 amide bonds. The Morgan fingerprint density at radius 3 is 1.21 bits per heavy atom. The molecule has 1 aliphatic rings. The van der Waals surface area contributed by atoms with Crippen molar-refractivity contribution in [1.82, 2.24) is 0 Å². The molecule has 0 heterocycles. The van der Waals surface area contributed by atoms with Crippen LogP contribution in [0.15, 0.2) is 84.9 Å². The van der Waals surface area contributed by atoms with E-state index in [2.05, 4.69) is 50.2 Å². The minimum absolute atomic E-state index is 0.0754. The average Bonchev–Trinajstić information content (AvgIpc) is 3.05. The summed E-state index contributed by atoms with van der Waals surface area (Å²) in [6, 6.07) is 25.9. The topological polar surface area (TPSA) is 86.3 Å². The van der Waals surface area contributed by atoms with Gasteiger partial charge in [-0.15, -0.1) is 0 Å². The van der Waals surface area contributed by atoms with Gasteiger partial charge >= 0.3 is 0 Å². The second-order valence-corrected chi connectivity index (χ2v) is 8.75. The highest BCUT2D eigenvalue weighted by Gasteiger charge is 2.35. The lowest BCUT2D eigenvalue weighted by molar-refractivity contribution is -0.385. The van der Waals surface area contributed by atoms with Crippen LogP contribution in [-0.2, 0) is 5.41 Å². The Balaban J connectivity index is 1.54. The first-order valence-electron chi connectivity index (χ1n) is 10.5. The van der Waals surface area contributed by atoms with Crippen molar-refractivity contribution in [3.63, 3.8) is 0 Å². The number of nitro groups is 2. The number of nitro benzene ring substituents is 2.